The topological polar surface area (TPSA) is 101 Å². The Hall–Kier alpha value is -0.460. The number of carbonyl (C=O) groups is 1. The smallest absolute Gasteiger partial charge is 0.324 e. The van der Waals surface area contributed by atoms with E-state index in [9.17, 15) is 9.36 Å². The summed E-state index contributed by atoms with van der Waals surface area (Å²) in [6, 6.07) is 0. The molecule has 0 aliphatic rings. The fraction of sp³-hybridized carbons (Fsp3) is 0.857. The summed E-state index contributed by atoms with van der Waals surface area (Å²) < 4.78 is 10.7. The highest BCUT2D eigenvalue weighted by atomic mass is 31.2. The first-order valence-corrected chi connectivity index (χ1v) is 6.28. The number of rotatable bonds is 6. The lowest BCUT2D eigenvalue weighted by atomic mass is 10.4. The summed E-state index contributed by atoms with van der Waals surface area (Å²) in [6.07, 6.45) is 0.197. The third-order valence-corrected chi connectivity index (χ3v) is 2.41. The Morgan fingerprint density at radius 3 is 2.27 bits per heavy atom. The second-order valence-corrected chi connectivity index (χ2v) is 4.89. The summed E-state index contributed by atoms with van der Waals surface area (Å²) in [4.78, 5) is 29.9. The van der Waals surface area contributed by atoms with E-state index in [1.807, 2.05) is 6.92 Å². The second kappa shape index (κ2) is 6.19. The quantitative estimate of drug-likeness (QED) is 0.334. The maximum Gasteiger partial charge on any atom is 0.339 e. The Kier molecular flexibility index (Phi) is 6.00. The van der Waals surface area contributed by atoms with Gasteiger partial charge in [0.1, 0.15) is 6.29 Å². The predicted molar refractivity (Wildman–Crippen MR) is 53.3 cm³/mol. The zero-order chi connectivity index (χ0) is 12.1. The van der Waals surface area contributed by atoms with Gasteiger partial charge in [-0.05, 0) is 13.0 Å². The van der Waals surface area contributed by atoms with Crippen LogP contribution in [0.25, 0.3) is 0 Å². The summed E-state index contributed by atoms with van der Waals surface area (Å²) in [5.74, 6) is -0.600. The highest BCUT2D eigenvalue weighted by molar-refractivity contribution is 7.51. The summed E-state index contributed by atoms with van der Waals surface area (Å²) in [5, 5.41) is 9.20. The monoisotopic (exact) mass is 240 g/mol. The van der Waals surface area contributed by atoms with Crippen molar-refractivity contribution in [1.29, 1.82) is 0 Å². The van der Waals surface area contributed by atoms with Crippen molar-refractivity contribution in [1.82, 2.24) is 9.96 Å². The molecule has 1 amide bonds. The number of nitrogens with zero attached hydrogens (tertiary/aromatic N) is 2. The van der Waals surface area contributed by atoms with E-state index in [-0.39, 0.29) is 6.54 Å². The van der Waals surface area contributed by atoms with Gasteiger partial charge >= 0.3 is 7.60 Å². The molecular formula is C7H17N2O5P. The minimum Gasteiger partial charge on any atom is -0.324 e. The van der Waals surface area contributed by atoms with Gasteiger partial charge in [0, 0.05) is 7.05 Å². The van der Waals surface area contributed by atoms with Gasteiger partial charge in [-0.1, -0.05) is 6.92 Å². The van der Waals surface area contributed by atoms with Crippen molar-refractivity contribution in [2.45, 2.75) is 13.3 Å². The molecule has 0 aromatic heterocycles. The molecule has 3 N–H and O–H groups in total. The third-order valence-electron chi connectivity index (χ3n) is 1.64. The number of hydroxylamine groups is 2. The first-order chi connectivity index (χ1) is 6.76. The zero-order valence-electron chi connectivity index (χ0n) is 8.83. The van der Waals surface area contributed by atoms with Gasteiger partial charge in [0.05, 0.1) is 6.54 Å². The van der Waals surface area contributed by atoms with Crippen molar-refractivity contribution in [3.05, 3.63) is 0 Å². The Labute approximate surface area is 88.4 Å². The summed E-state index contributed by atoms with van der Waals surface area (Å²) in [6.45, 7) is 2.02. The molecule has 0 aromatic rings. The SMILES string of the molecule is CCCN(CC(=O)N(C)O)CP(=O)(O)O. The molecule has 0 saturated heterocycles. The first-order valence-electron chi connectivity index (χ1n) is 4.48. The standard InChI is InChI=1S/C7H17N2O5P/c1-3-4-9(6-15(12,13)14)5-7(10)8(2)11/h11H,3-6H2,1-2H3,(H2,12,13,14). The van der Waals surface area contributed by atoms with Crippen molar-refractivity contribution in [2.75, 3.05) is 26.4 Å². The van der Waals surface area contributed by atoms with Crippen LogP contribution in [0.15, 0.2) is 0 Å². The highest BCUT2D eigenvalue weighted by Crippen LogP contribution is 2.34. The maximum atomic E-state index is 11.1. The molecule has 0 atom stereocenters. The molecule has 0 bridgehead atoms. The Morgan fingerprint density at radius 1 is 1.40 bits per heavy atom. The van der Waals surface area contributed by atoms with Crippen LogP contribution in [0, 0.1) is 0 Å². The van der Waals surface area contributed by atoms with Gasteiger partial charge < -0.3 is 9.79 Å². The van der Waals surface area contributed by atoms with Crippen molar-refractivity contribution in [2.24, 2.45) is 0 Å². The van der Waals surface area contributed by atoms with Crippen molar-refractivity contribution in [3.8, 4) is 0 Å². The summed E-state index contributed by atoms with van der Waals surface area (Å²) in [7, 11) is -2.99. The fourth-order valence-electron chi connectivity index (χ4n) is 1.07. The molecule has 0 unspecified atom stereocenters. The van der Waals surface area contributed by atoms with Gasteiger partial charge in [-0.3, -0.25) is 19.5 Å². The van der Waals surface area contributed by atoms with Crippen LogP contribution in [0.1, 0.15) is 13.3 Å². The molecule has 0 aliphatic heterocycles. The van der Waals surface area contributed by atoms with Crippen molar-refractivity contribution < 1.29 is 24.4 Å². The van der Waals surface area contributed by atoms with Crippen LogP contribution in [0.3, 0.4) is 0 Å². The first kappa shape index (κ1) is 14.5. The van der Waals surface area contributed by atoms with Crippen molar-refractivity contribution >= 4 is 13.5 Å². The van der Waals surface area contributed by atoms with E-state index in [0.717, 1.165) is 0 Å². The lowest BCUT2D eigenvalue weighted by Gasteiger charge is -2.22. The molecular weight excluding hydrogens is 223 g/mol. The zero-order valence-corrected chi connectivity index (χ0v) is 9.72. The van der Waals surface area contributed by atoms with E-state index >= 15 is 0 Å². The number of hydrogen-bond donors (Lipinski definition) is 3. The van der Waals surface area contributed by atoms with Crippen LogP contribution in [0.2, 0.25) is 0 Å². The number of carbonyl (C=O) groups excluding carboxylic acids is 1. The van der Waals surface area contributed by atoms with E-state index in [4.69, 9.17) is 15.0 Å². The summed E-state index contributed by atoms with van der Waals surface area (Å²) in [5.41, 5.74) is 0. The summed E-state index contributed by atoms with van der Waals surface area (Å²) >= 11 is 0. The van der Waals surface area contributed by atoms with Crippen LogP contribution < -0.4 is 0 Å². The van der Waals surface area contributed by atoms with Gasteiger partial charge in [-0.25, -0.2) is 5.06 Å². The number of amides is 1. The van der Waals surface area contributed by atoms with E-state index in [2.05, 4.69) is 0 Å². The normalized spacial score (nSPS) is 11.9. The molecule has 0 heterocycles. The molecule has 0 aliphatic carbocycles. The molecule has 0 rings (SSSR count). The third kappa shape index (κ3) is 7.47. The predicted octanol–water partition coefficient (Wildman–Crippen LogP) is -0.319. The minimum absolute atomic E-state index is 0.202. The van der Waals surface area contributed by atoms with Crippen LogP contribution in [0.4, 0.5) is 0 Å². The Balaban J connectivity index is 4.28. The number of hydrogen-bond acceptors (Lipinski definition) is 4. The minimum atomic E-state index is -4.16. The van der Waals surface area contributed by atoms with Crippen LogP contribution >= 0.6 is 7.60 Å². The van der Waals surface area contributed by atoms with E-state index in [0.29, 0.717) is 18.0 Å². The van der Waals surface area contributed by atoms with Gasteiger partial charge in [-0.15, -0.1) is 0 Å². The molecule has 15 heavy (non-hydrogen) atoms. The van der Waals surface area contributed by atoms with Gasteiger partial charge in [0.25, 0.3) is 5.91 Å². The molecule has 0 radical (unpaired) electrons. The Bertz CT molecular complexity index is 252. The van der Waals surface area contributed by atoms with Gasteiger partial charge in [0.15, 0.2) is 0 Å². The Morgan fingerprint density at radius 2 is 1.93 bits per heavy atom. The lowest BCUT2D eigenvalue weighted by Crippen LogP contribution is -2.37. The average molecular weight is 240 g/mol. The molecule has 0 fully saturated rings. The average Bonchev–Trinajstić information content (AvgIpc) is 2.00. The molecule has 7 nitrogen and oxygen atoms in total. The van der Waals surface area contributed by atoms with Crippen LogP contribution in [0.5, 0.6) is 0 Å². The molecule has 8 heteroatoms. The molecule has 0 spiro atoms. The second-order valence-electron chi connectivity index (χ2n) is 3.28. The van der Waals surface area contributed by atoms with Gasteiger partial charge in [-0.2, -0.15) is 0 Å². The van der Waals surface area contributed by atoms with Crippen LogP contribution in [-0.4, -0.2) is 57.3 Å². The maximum absolute atomic E-state index is 11.1. The lowest BCUT2D eigenvalue weighted by molar-refractivity contribution is -0.160. The highest BCUT2D eigenvalue weighted by Gasteiger charge is 2.21. The molecule has 0 saturated carbocycles. The van der Waals surface area contributed by atoms with E-state index in [1.165, 1.54) is 11.9 Å². The van der Waals surface area contributed by atoms with Gasteiger partial charge in [0.2, 0.25) is 0 Å². The van der Waals surface area contributed by atoms with E-state index in [1.54, 1.807) is 0 Å². The molecule has 90 valence electrons. The largest absolute Gasteiger partial charge is 0.339 e. The van der Waals surface area contributed by atoms with Crippen molar-refractivity contribution in [3.63, 3.8) is 0 Å². The van der Waals surface area contributed by atoms with E-state index < -0.39 is 19.8 Å². The number of likely N-dealkylation sites (N-methyl/N-ethyl adjacent to an activating group) is 1. The fourth-order valence-corrected chi connectivity index (χ4v) is 1.83. The molecule has 0 aromatic carbocycles. The van der Waals surface area contributed by atoms with Crippen LogP contribution in [-0.2, 0) is 9.36 Å².